The fraction of sp³-hybridized carbons (Fsp3) is 0.357. The smallest absolute Gasteiger partial charge is 0.315 e. The molecule has 23 heavy (non-hydrogen) atoms. The van der Waals surface area contributed by atoms with Gasteiger partial charge in [-0.25, -0.2) is 18.6 Å². The number of benzene rings is 1. The minimum Gasteiger partial charge on any atom is -0.383 e. The number of urea groups is 1. The van der Waals surface area contributed by atoms with Gasteiger partial charge in [0.2, 0.25) is 0 Å². The maximum atomic E-state index is 13.7. The van der Waals surface area contributed by atoms with Gasteiger partial charge < -0.3 is 15.7 Å². The molecule has 1 atom stereocenters. The highest BCUT2D eigenvalue weighted by Gasteiger charge is 2.27. The van der Waals surface area contributed by atoms with Crippen molar-refractivity contribution in [2.45, 2.75) is 19.1 Å². The number of nitrogens with zero attached hydrogens (tertiary/aromatic N) is 3. The van der Waals surface area contributed by atoms with Crippen molar-refractivity contribution < 1.29 is 18.7 Å². The van der Waals surface area contributed by atoms with Gasteiger partial charge in [-0.15, -0.1) is 0 Å². The van der Waals surface area contributed by atoms with E-state index in [0.717, 1.165) is 12.1 Å². The summed E-state index contributed by atoms with van der Waals surface area (Å²) in [6.07, 6.45) is 1.50. The highest BCUT2D eigenvalue weighted by Crippen LogP contribution is 2.23. The van der Waals surface area contributed by atoms with Gasteiger partial charge in [-0.05, 0) is 13.0 Å². The average Bonchev–Trinajstić information content (AvgIpc) is 2.88. The number of hydrogen-bond acceptors (Lipinski definition) is 4. The Balaban J connectivity index is 1.89. The predicted octanol–water partition coefficient (Wildman–Crippen LogP) is 0.800. The number of hydrogen-bond donors (Lipinski definition) is 3. The molecule has 3 N–H and O–H groups in total. The molecule has 124 valence electrons. The Hall–Kier alpha value is -2.55. The van der Waals surface area contributed by atoms with E-state index in [1.807, 2.05) is 0 Å². The summed E-state index contributed by atoms with van der Waals surface area (Å²) in [7, 11) is 1.70. The first-order chi connectivity index (χ1) is 10.8. The van der Waals surface area contributed by atoms with Gasteiger partial charge in [0.15, 0.2) is 5.82 Å². The summed E-state index contributed by atoms with van der Waals surface area (Å²) < 4.78 is 28.1. The molecule has 0 spiro atoms. The lowest BCUT2D eigenvalue weighted by Crippen LogP contribution is -2.43. The van der Waals surface area contributed by atoms with Gasteiger partial charge in [0.1, 0.15) is 23.6 Å². The highest BCUT2D eigenvalue weighted by atomic mass is 19.1. The lowest BCUT2D eigenvalue weighted by molar-refractivity contribution is 0.0555. The van der Waals surface area contributed by atoms with Gasteiger partial charge in [-0.3, -0.25) is 4.68 Å². The zero-order chi connectivity index (χ0) is 17.0. The summed E-state index contributed by atoms with van der Waals surface area (Å²) in [5, 5.41) is 19.2. The van der Waals surface area contributed by atoms with Crippen LogP contribution in [-0.4, -0.2) is 32.4 Å². The van der Waals surface area contributed by atoms with Gasteiger partial charge >= 0.3 is 6.03 Å². The summed E-state index contributed by atoms with van der Waals surface area (Å²) in [4.78, 5) is 15.6. The van der Waals surface area contributed by atoms with E-state index < -0.39 is 23.3 Å². The second kappa shape index (κ2) is 6.69. The van der Waals surface area contributed by atoms with E-state index in [0.29, 0.717) is 11.9 Å². The Kier molecular flexibility index (Phi) is 4.89. The summed E-state index contributed by atoms with van der Waals surface area (Å²) in [6.45, 7) is 1.18. The number of aryl methyl sites for hydroxylation is 1. The third-order valence-electron chi connectivity index (χ3n) is 3.16. The lowest BCUT2D eigenvalue weighted by atomic mass is 9.95. The van der Waals surface area contributed by atoms with E-state index >= 15 is 0 Å². The molecule has 1 heterocycles. The summed E-state index contributed by atoms with van der Waals surface area (Å²) >= 11 is 0. The normalized spacial score (nSPS) is 13.4. The Morgan fingerprint density at radius 2 is 2.13 bits per heavy atom. The van der Waals surface area contributed by atoms with Crippen LogP contribution >= 0.6 is 0 Å². The number of aliphatic hydroxyl groups is 1. The maximum absolute atomic E-state index is 13.7. The molecule has 0 saturated heterocycles. The number of nitrogens with one attached hydrogen (secondary N) is 2. The summed E-state index contributed by atoms with van der Waals surface area (Å²) in [5.74, 6) is -1.19. The number of halogens is 2. The zero-order valence-electron chi connectivity index (χ0n) is 12.7. The quantitative estimate of drug-likeness (QED) is 0.758. The SMILES string of the molecule is Cn1cnc(CNC(=O)NCC(C)(O)c2ccc(F)cc2F)n1. The summed E-state index contributed by atoms with van der Waals surface area (Å²) in [5.41, 5.74) is -1.79. The van der Waals surface area contributed by atoms with Crippen molar-refractivity contribution in [3.8, 4) is 0 Å². The van der Waals surface area contributed by atoms with Crippen LogP contribution in [0.5, 0.6) is 0 Å². The molecule has 0 fully saturated rings. The third kappa shape index (κ3) is 4.46. The molecule has 2 amide bonds. The number of amides is 2. The molecule has 1 aromatic carbocycles. The Morgan fingerprint density at radius 1 is 1.39 bits per heavy atom. The number of rotatable bonds is 5. The minimum absolute atomic E-state index is 0.106. The molecular formula is C14H17F2N5O2. The minimum atomic E-state index is -1.68. The van der Waals surface area contributed by atoms with Crippen LogP contribution < -0.4 is 10.6 Å². The van der Waals surface area contributed by atoms with Crippen molar-refractivity contribution in [2.24, 2.45) is 7.05 Å². The predicted molar refractivity (Wildman–Crippen MR) is 77.2 cm³/mol. The molecule has 0 aliphatic rings. The third-order valence-corrected chi connectivity index (χ3v) is 3.16. The molecule has 2 aromatic rings. The standard InChI is InChI=1S/C14H17F2N5O2/c1-14(23,10-4-3-9(15)5-11(10)16)7-18-13(22)17-6-12-19-8-21(2)20-12/h3-5,8,23H,6-7H2,1-2H3,(H2,17,18,22). The first-order valence-corrected chi connectivity index (χ1v) is 6.82. The highest BCUT2D eigenvalue weighted by molar-refractivity contribution is 5.73. The van der Waals surface area contributed by atoms with Crippen LogP contribution in [0.15, 0.2) is 24.5 Å². The Labute approximate surface area is 131 Å². The van der Waals surface area contributed by atoms with Crippen LogP contribution in [0.2, 0.25) is 0 Å². The molecule has 9 heteroatoms. The average molecular weight is 325 g/mol. The van der Waals surface area contributed by atoms with Gasteiger partial charge in [0.25, 0.3) is 0 Å². The Morgan fingerprint density at radius 3 is 2.74 bits per heavy atom. The van der Waals surface area contributed by atoms with Crippen molar-refractivity contribution in [1.82, 2.24) is 25.4 Å². The molecular weight excluding hydrogens is 308 g/mol. The summed E-state index contributed by atoms with van der Waals surface area (Å²) in [6, 6.07) is 2.29. The van der Waals surface area contributed by atoms with Gasteiger partial charge in [0.05, 0.1) is 13.1 Å². The van der Waals surface area contributed by atoms with Gasteiger partial charge in [-0.2, -0.15) is 5.10 Å². The van der Waals surface area contributed by atoms with E-state index in [1.54, 1.807) is 7.05 Å². The maximum Gasteiger partial charge on any atom is 0.315 e. The molecule has 0 bridgehead atoms. The van der Waals surface area contributed by atoms with Crippen molar-refractivity contribution in [2.75, 3.05) is 6.54 Å². The molecule has 1 unspecified atom stereocenters. The van der Waals surface area contributed by atoms with E-state index in [1.165, 1.54) is 17.9 Å². The van der Waals surface area contributed by atoms with Crippen LogP contribution in [0.25, 0.3) is 0 Å². The fourth-order valence-corrected chi connectivity index (χ4v) is 1.96. The lowest BCUT2D eigenvalue weighted by Gasteiger charge is -2.24. The molecule has 2 rings (SSSR count). The number of carbonyl (C=O) groups is 1. The second-order valence-corrected chi connectivity index (χ2v) is 5.27. The monoisotopic (exact) mass is 325 g/mol. The first-order valence-electron chi connectivity index (χ1n) is 6.82. The molecule has 0 aliphatic carbocycles. The van der Waals surface area contributed by atoms with Crippen molar-refractivity contribution in [1.29, 1.82) is 0 Å². The van der Waals surface area contributed by atoms with E-state index in [-0.39, 0.29) is 18.7 Å². The van der Waals surface area contributed by atoms with Gasteiger partial charge in [-0.1, -0.05) is 6.07 Å². The number of aromatic nitrogens is 3. The van der Waals surface area contributed by atoms with Crippen molar-refractivity contribution in [3.63, 3.8) is 0 Å². The second-order valence-electron chi connectivity index (χ2n) is 5.27. The van der Waals surface area contributed by atoms with Crippen LogP contribution in [-0.2, 0) is 19.2 Å². The molecule has 7 nitrogen and oxygen atoms in total. The molecule has 0 radical (unpaired) electrons. The zero-order valence-corrected chi connectivity index (χ0v) is 12.7. The van der Waals surface area contributed by atoms with Crippen molar-refractivity contribution in [3.05, 3.63) is 47.5 Å². The van der Waals surface area contributed by atoms with E-state index in [2.05, 4.69) is 20.7 Å². The van der Waals surface area contributed by atoms with Crippen LogP contribution in [0, 0.1) is 11.6 Å². The van der Waals surface area contributed by atoms with Crippen LogP contribution in [0.1, 0.15) is 18.3 Å². The number of carbonyl (C=O) groups excluding carboxylic acids is 1. The first kappa shape index (κ1) is 16.8. The van der Waals surface area contributed by atoms with Crippen LogP contribution in [0.3, 0.4) is 0 Å². The molecule has 1 aromatic heterocycles. The fourth-order valence-electron chi connectivity index (χ4n) is 1.96. The molecule has 0 aliphatic heterocycles. The largest absolute Gasteiger partial charge is 0.383 e. The van der Waals surface area contributed by atoms with E-state index in [9.17, 15) is 18.7 Å². The van der Waals surface area contributed by atoms with Gasteiger partial charge in [0, 0.05) is 18.7 Å². The molecule has 0 saturated carbocycles. The van der Waals surface area contributed by atoms with E-state index in [4.69, 9.17) is 0 Å². The van der Waals surface area contributed by atoms with Crippen molar-refractivity contribution >= 4 is 6.03 Å². The Bertz CT molecular complexity index is 702. The van der Waals surface area contributed by atoms with Crippen LogP contribution in [0.4, 0.5) is 13.6 Å². The topological polar surface area (TPSA) is 92.1 Å².